The quantitative estimate of drug-likeness (QED) is 0.606. The Kier molecular flexibility index (Phi) is 4.74. The second-order valence-electron chi connectivity index (χ2n) is 8.31. The maximum absolute atomic E-state index is 11.5. The lowest BCUT2D eigenvalue weighted by atomic mass is 9.89. The Morgan fingerprint density at radius 1 is 1.07 bits per heavy atom. The van der Waals surface area contributed by atoms with E-state index in [-0.39, 0.29) is 5.78 Å². The maximum atomic E-state index is 11.5. The largest absolute Gasteiger partial charge is 0.368 e. The monoisotopic (exact) mass is 406 g/mol. The van der Waals surface area contributed by atoms with Crippen LogP contribution in [0.5, 0.6) is 0 Å². The minimum atomic E-state index is 0.114. The Bertz CT molecular complexity index is 1050. The molecule has 0 unspecified atom stereocenters. The van der Waals surface area contributed by atoms with Crippen LogP contribution >= 0.6 is 11.3 Å². The number of aromatic nitrogens is 2. The molecule has 0 saturated carbocycles. The standard InChI is InChI=1S/C23H26N4OS/c1-15-3-8-19-20(13-15)29-23-21(19)22(24-14-25-23)27-11-9-26(10-12-27)18-6-4-17(5-7-18)16(2)28/h4-7,14-15H,3,8-13H2,1-2H3/t15-/m0/s1. The average Bonchev–Trinajstić information content (AvgIpc) is 3.11. The van der Waals surface area contributed by atoms with Crippen molar-refractivity contribution in [3.8, 4) is 0 Å². The highest BCUT2D eigenvalue weighted by Crippen LogP contribution is 2.40. The van der Waals surface area contributed by atoms with E-state index in [1.54, 1.807) is 13.3 Å². The zero-order chi connectivity index (χ0) is 20.0. The molecule has 0 amide bonds. The molecule has 1 aliphatic heterocycles. The third kappa shape index (κ3) is 3.39. The average molecular weight is 407 g/mol. The molecule has 150 valence electrons. The summed E-state index contributed by atoms with van der Waals surface area (Å²) < 4.78 is 0. The molecule has 5 rings (SSSR count). The van der Waals surface area contributed by atoms with Crippen LogP contribution in [0.1, 0.15) is 41.1 Å². The van der Waals surface area contributed by atoms with Crippen LogP contribution in [-0.2, 0) is 12.8 Å². The van der Waals surface area contributed by atoms with Crippen LogP contribution in [0.3, 0.4) is 0 Å². The van der Waals surface area contributed by atoms with E-state index in [0.717, 1.165) is 54.7 Å². The number of rotatable bonds is 3. The van der Waals surface area contributed by atoms with Gasteiger partial charge < -0.3 is 9.80 Å². The molecule has 0 radical (unpaired) electrons. The van der Waals surface area contributed by atoms with Crippen molar-refractivity contribution in [2.75, 3.05) is 36.0 Å². The molecule has 1 aliphatic carbocycles. The summed E-state index contributed by atoms with van der Waals surface area (Å²) in [6.07, 6.45) is 5.33. The number of ketones is 1. The van der Waals surface area contributed by atoms with Gasteiger partial charge in [-0.15, -0.1) is 11.3 Å². The molecule has 2 aromatic heterocycles. The number of hydrogen-bond acceptors (Lipinski definition) is 6. The van der Waals surface area contributed by atoms with E-state index in [1.807, 2.05) is 23.5 Å². The summed E-state index contributed by atoms with van der Waals surface area (Å²) in [6.45, 7) is 7.76. The SMILES string of the molecule is CC(=O)c1ccc(N2CCN(c3ncnc4sc5c(c34)CC[C@H](C)C5)CC2)cc1. The molecule has 0 N–H and O–H groups in total. The molecule has 0 spiro atoms. The van der Waals surface area contributed by atoms with Crippen molar-refractivity contribution in [2.45, 2.75) is 33.1 Å². The smallest absolute Gasteiger partial charge is 0.159 e. The van der Waals surface area contributed by atoms with Crippen LogP contribution in [0.4, 0.5) is 11.5 Å². The van der Waals surface area contributed by atoms with Gasteiger partial charge in [0.15, 0.2) is 5.78 Å². The van der Waals surface area contributed by atoms with Gasteiger partial charge in [-0.05, 0) is 61.9 Å². The number of carbonyl (C=O) groups is 1. The molecule has 1 fully saturated rings. The minimum Gasteiger partial charge on any atom is -0.368 e. The second kappa shape index (κ2) is 7.41. The first-order chi connectivity index (χ1) is 14.1. The van der Waals surface area contributed by atoms with Gasteiger partial charge in [0.25, 0.3) is 0 Å². The first kappa shape index (κ1) is 18.6. The van der Waals surface area contributed by atoms with Gasteiger partial charge in [0.2, 0.25) is 0 Å². The van der Waals surface area contributed by atoms with E-state index in [9.17, 15) is 4.79 Å². The van der Waals surface area contributed by atoms with E-state index in [2.05, 4.69) is 33.8 Å². The zero-order valence-electron chi connectivity index (χ0n) is 17.0. The number of nitrogens with zero attached hydrogens (tertiary/aromatic N) is 4. The Morgan fingerprint density at radius 3 is 2.52 bits per heavy atom. The Balaban J connectivity index is 1.37. The fraction of sp³-hybridized carbons (Fsp3) is 0.435. The molecule has 1 aromatic carbocycles. The number of fused-ring (bicyclic) bond motifs is 3. The summed E-state index contributed by atoms with van der Waals surface area (Å²) in [4.78, 5) is 28.3. The fourth-order valence-electron chi connectivity index (χ4n) is 4.58. The Morgan fingerprint density at radius 2 is 1.79 bits per heavy atom. The van der Waals surface area contributed by atoms with E-state index in [1.165, 1.54) is 34.4 Å². The molecule has 1 saturated heterocycles. The summed E-state index contributed by atoms with van der Waals surface area (Å²) in [5, 5.41) is 1.30. The highest BCUT2D eigenvalue weighted by molar-refractivity contribution is 7.19. The summed E-state index contributed by atoms with van der Waals surface area (Å²) in [7, 11) is 0. The molecular weight excluding hydrogens is 380 g/mol. The number of thiophene rings is 1. The predicted molar refractivity (Wildman–Crippen MR) is 119 cm³/mol. The van der Waals surface area contributed by atoms with Gasteiger partial charge in [0.05, 0.1) is 5.39 Å². The third-order valence-electron chi connectivity index (χ3n) is 6.29. The van der Waals surface area contributed by atoms with E-state index < -0.39 is 0 Å². The zero-order valence-corrected chi connectivity index (χ0v) is 17.8. The summed E-state index contributed by atoms with van der Waals surface area (Å²) >= 11 is 1.87. The number of carbonyl (C=O) groups excluding carboxylic acids is 1. The normalized spacial score (nSPS) is 19.4. The van der Waals surface area contributed by atoms with E-state index in [4.69, 9.17) is 4.98 Å². The lowest BCUT2D eigenvalue weighted by Crippen LogP contribution is -2.47. The van der Waals surface area contributed by atoms with Crippen molar-refractivity contribution >= 4 is 38.8 Å². The number of hydrogen-bond donors (Lipinski definition) is 0. The maximum Gasteiger partial charge on any atom is 0.159 e. The molecule has 6 heteroatoms. The number of benzene rings is 1. The lowest BCUT2D eigenvalue weighted by molar-refractivity contribution is 0.101. The summed E-state index contributed by atoms with van der Waals surface area (Å²) in [6, 6.07) is 7.98. The van der Waals surface area contributed by atoms with Crippen LogP contribution in [0.15, 0.2) is 30.6 Å². The van der Waals surface area contributed by atoms with Gasteiger partial charge in [-0.2, -0.15) is 0 Å². The van der Waals surface area contributed by atoms with Crippen LogP contribution in [0.25, 0.3) is 10.2 Å². The van der Waals surface area contributed by atoms with Crippen LogP contribution in [-0.4, -0.2) is 41.9 Å². The van der Waals surface area contributed by atoms with Crippen LogP contribution in [0.2, 0.25) is 0 Å². The van der Waals surface area contributed by atoms with Crippen molar-refractivity contribution in [3.05, 3.63) is 46.6 Å². The van der Waals surface area contributed by atoms with Crippen molar-refractivity contribution in [3.63, 3.8) is 0 Å². The first-order valence-electron chi connectivity index (χ1n) is 10.5. The molecule has 2 aliphatic rings. The molecule has 1 atom stereocenters. The molecular formula is C23H26N4OS. The minimum absolute atomic E-state index is 0.114. The van der Waals surface area contributed by atoms with Crippen LogP contribution in [0, 0.1) is 5.92 Å². The van der Waals surface area contributed by atoms with Crippen molar-refractivity contribution in [1.29, 1.82) is 0 Å². The fourth-order valence-corrected chi connectivity index (χ4v) is 5.93. The van der Waals surface area contributed by atoms with Crippen molar-refractivity contribution in [1.82, 2.24) is 9.97 Å². The number of aryl methyl sites for hydroxylation is 1. The Labute approximate surface area is 175 Å². The predicted octanol–water partition coefficient (Wildman–Crippen LogP) is 4.35. The topological polar surface area (TPSA) is 49.3 Å². The highest BCUT2D eigenvalue weighted by atomic mass is 32.1. The van der Waals surface area contributed by atoms with Crippen molar-refractivity contribution in [2.24, 2.45) is 5.92 Å². The van der Waals surface area contributed by atoms with Crippen LogP contribution < -0.4 is 9.80 Å². The molecule has 3 aromatic rings. The number of anilines is 2. The van der Waals surface area contributed by atoms with Crippen molar-refractivity contribution < 1.29 is 4.79 Å². The van der Waals surface area contributed by atoms with E-state index >= 15 is 0 Å². The summed E-state index contributed by atoms with van der Waals surface area (Å²) in [5.41, 5.74) is 3.46. The second-order valence-corrected chi connectivity index (χ2v) is 9.39. The Hall–Kier alpha value is -2.47. The van der Waals surface area contributed by atoms with Gasteiger partial charge in [-0.3, -0.25) is 4.79 Å². The van der Waals surface area contributed by atoms with E-state index in [0.29, 0.717) is 0 Å². The van der Waals surface area contributed by atoms with Gasteiger partial charge >= 0.3 is 0 Å². The van der Waals surface area contributed by atoms with Gasteiger partial charge in [0, 0.05) is 42.3 Å². The molecule has 5 nitrogen and oxygen atoms in total. The van der Waals surface area contributed by atoms with Gasteiger partial charge in [-0.1, -0.05) is 6.92 Å². The number of piperazine rings is 1. The molecule has 0 bridgehead atoms. The number of Topliss-reactive ketones (excluding diaryl/α,β-unsaturated/α-hetero) is 1. The lowest BCUT2D eigenvalue weighted by Gasteiger charge is -2.37. The highest BCUT2D eigenvalue weighted by Gasteiger charge is 2.26. The first-order valence-corrected chi connectivity index (χ1v) is 11.3. The van der Waals surface area contributed by atoms with Gasteiger partial charge in [-0.25, -0.2) is 9.97 Å². The third-order valence-corrected chi connectivity index (χ3v) is 7.45. The summed E-state index contributed by atoms with van der Waals surface area (Å²) in [5.74, 6) is 2.00. The molecule has 29 heavy (non-hydrogen) atoms. The van der Waals surface area contributed by atoms with Gasteiger partial charge in [0.1, 0.15) is 17.0 Å². The molecule has 3 heterocycles.